The first kappa shape index (κ1) is 15.9. The van der Waals surface area contributed by atoms with Gasteiger partial charge in [0.2, 0.25) is 5.91 Å². The van der Waals surface area contributed by atoms with Crippen molar-refractivity contribution in [1.82, 2.24) is 5.32 Å². The topological polar surface area (TPSA) is 64.9 Å². The Morgan fingerprint density at radius 3 is 2.77 bits per heavy atom. The normalized spacial score (nSPS) is 9.82. The van der Waals surface area contributed by atoms with Crippen molar-refractivity contribution in [2.24, 2.45) is 0 Å². The molecule has 0 heterocycles. The van der Waals surface area contributed by atoms with Gasteiger partial charge in [-0.25, -0.2) is 0 Å². The molecule has 0 fully saturated rings. The van der Waals surface area contributed by atoms with Crippen molar-refractivity contribution in [1.29, 1.82) is 5.26 Å². The van der Waals surface area contributed by atoms with Crippen LogP contribution in [0.2, 0.25) is 5.02 Å². The summed E-state index contributed by atoms with van der Waals surface area (Å²) in [4.78, 5) is 11.8. The largest absolute Gasteiger partial charge is 0.375 e. The predicted octanol–water partition coefficient (Wildman–Crippen LogP) is 2.98. The molecule has 5 heteroatoms. The minimum Gasteiger partial charge on any atom is -0.375 e. The predicted molar refractivity (Wildman–Crippen MR) is 87.8 cm³/mol. The van der Waals surface area contributed by atoms with Gasteiger partial charge in [0.05, 0.1) is 17.8 Å². The average Bonchev–Trinajstić information content (AvgIpc) is 2.53. The van der Waals surface area contributed by atoms with E-state index in [4.69, 9.17) is 16.9 Å². The quantitative estimate of drug-likeness (QED) is 0.861. The maximum Gasteiger partial charge on any atom is 0.239 e. The highest BCUT2D eigenvalue weighted by Crippen LogP contribution is 2.13. The van der Waals surface area contributed by atoms with Crippen LogP contribution in [-0.4, -0.2) is 19.0 Å². The maximum atomic E-state index is 11.8. The van der Waals surface area contributed by atoms with Gasteiger partial charge in [0.1, 0.15) is 6.07 Å². The zero-order valence-electron chi connectivity index (χ0n) is 12.0. The van der Waals surface area contributed by atoms with Crippen LogP contribution in [0.4, 0.5) is 5.69 Å². The van der Waals surface area contributed by atoms with Crippen molar-refractivity contribution in [2.45, 2.75) is 6.42 Å². The van der Waals surface area contributed by atoms with Crippen LogP contribution in [0.15, 0.2) is 48.5 Å². The lowest BCUT2D eigenvalue weighted by atomic mass is 10.1. The number of carbonyl (C=O) groups is 1. The molecule has 0 aromatic heterocycles. The number of anilines is 1. The van der Waals surface area contributed by atoms with Crippen molar-refractivity contribution in [3.63, 3.8) is 0 Å². The highest BCUT2D eigenvalue weighted by molar-refractivity contribution is 6.30. The Labute approximate surface area is 134 Å². The van der Waals surface area contributed by atoms with Crippen LogP contribution in [0.3, 0.4) is 0 Å². The number of hydrogen-bond acceptors (Lipinski definition) is 3. The Balaban J connectivity index is 1.75. The van der Waals surface area contributed by atoms with E-state index in [9.17, 15) is 4.79 Å². The number of carbonyl (C=O) groups excluding carboxylic acids is 1. The molecule has 4 nitrogen and oxygen atoms in total. The third kappa shape index (κ3) is 4.80. The van der Waals surface area contributed by atoms with E-state index in [0.29, 0.717) is 22.8 Å². The molecule has 0 unspecified atom stereocenters. The molecule has 0 aliphatic rings. The Morgan fingerprint density at radius 1 is 1.18 bits per heavy atom. The molecule has 0 bridgehead atoms. The first-order valence-corrected chi connectivity index (χ1v) is 7.31. The number of rotatable bonds is 6. The molecule has 0 saturated carbocycles. The number of para-hydroxylation sites is 1. The molecular weight excluding hydrogens is 298 g/mol. The monoisotopic (exact) mass is 313 g/mol. The van der Waals surface area contributed by atoms with Gasteiger partial charge in [0, 0.05) is 11.6 Å². The van der Waals surface area contributed by atoms with E-state index in [1.54, 1.807) is 18.2 Å². The summed E-state index contributed by atoms with van der Waals surface area (Å²) >= 11 is 5.91. The molecule has 112 valence electrons. The fourth-order valence-electron chi connectivity index (χ4n) is 2.01. The lowest BCUT2D eigenvalue weighted by Crippen LogP contribution is -2.31. The summed E-state index contributed by atoms with van der Waals surface area (Å²) in [5.74, 6) is -0.116. The lowest BCUT2D eigenvalue weighted by Gasteiger charge is -2.09. The van der Waals surface area contributed by atoms with E-state index in [1.807, 2.05) is 30.3 Å². The fraction of sp³-hybridized carbons (Fsp3) is 0.176. The number of hydrogen-bond donors (Lipinski definition) is 2. The molecule has 0 saturated heterocycles. The zero-order valence-corrected chi connectivity index (χ0v) is 12.7. The fourth-order valence-corrected chi connectivity index (χ4v) is 2.22. The van der Waals surface area contributed by atoms with Crippen LogP contribution in [0.1, 0.15) is 11.1 Å². The molecule has 2 aromatic rings. The van der Waals surface area contributed by atoms with Crippen molar-refractivity contribution in [2.75, 3.05) is 18.4 Å². The van der Waals surface area contributed by atoms with Gasteiger partial charge in [-0.05, 0) is 36.2 Å². The summed E-state index contributed by atoms with van der Waals surface area (Å²) in [7, 11) is 0. The number of nitrogens with zero attached hydrogens (tertiary/aromatic N) is 1. The number of amides is 1. The van der Waals surface area contributed by atoms with Gasteiger partial charge in [-0.3, -0.25) is 4.79 Å². The molecule has 0 aliphatic heterocycles. The van der Waals surface area contributed by atoms with Crippen LogP contribution in [-0.2, 0) is 11.2 Å². The standard InChI is InChI=1S/C17H16ClN3O/c18-15-6-3-4-13(10-15)8-9-20-17(22)12-21-16-7-2-1-5-14(16)11-19/h1-7,10,21H,8-9,12H2,(H,20,22). The lowest BCUT2D eigenvalue weighted by molar-refractivity contribution is -0.119. The van der Waals surface area contributed by atoms with Crippen molar-refractivity contribution < 1.29 is 4.79 Å². The van der Waals surface area contributed by atoms with Crippen molar-refractivity contribution in [3.8, 4) is 6.07 Å². The van der Waals surface area contributed by atoms with Crippen LogP contribution >= 0.6 is 11.6 Å². The molecule has 2 N–H and O–H groups in total. The molecule has 0 radical (unpaired) electrons. The Bertz CT molecular complexity index is 694. The highest BCUT2D eigenvalue weighted by Gasteiger charge is 2.04. The Kier molecular flexibility index (Phi) is 5.81. The van der Waals surface area contributed by atoms with E-state index in [1.165, 1.54) is 0 Å². The van der Waals surface area contributed by atoms with Gasteiger partial charge in [-0.2, -0.15) is 5.26 Å². The minimum atomic E-state index is -0.116. The van der Waals surface area contributed by atoms with Gasteiger partial charge in [0.15, 0.2) is 0 Å². The molecule has 0 atom stereocenters. The second-order valence-corrected chi connectivity index (χ2v) is 5.18. The first-order valence-electron chi connectivity index (χ1n) is 6.93. The number of nitriles is 1. The van der Waals surface area contributed by atoms with Crippen molar-refractivity contribution >= 4 is 23.2 Å². The molecule has 22 heavy (non-hydrogen) atoms. The SMILES string of the molecule is N#Cc1ccccc1NCC(=O)NCCc1cccc(Cl)c1. The second kappa shape index (κ2) is 8.06. The summed E-state index contributed by atoms with van der Waals surface area (Å²) in [6, 6.07) is 16.7. The first-order chi connectivity index (χ1) is 10.7. The molecule has 2 aromatic carbocycles. The van der Waals surface area contributed by atoms with Gasteiger partial charge < -0.3 is 10.6 Å². The van der Waals surface area contributed by atoms with Gasteiger partial charge in [0.25, 0.3) is 0 Å². The highest BCUT2D eigenvalue weighted by atomic mass is 35.5. The third-order valence-corrected chi connectivity index (χ3v) is 3.35. The second-order valence-electron chi connectivity index (χ2n) is 4.74. The van der Waals surface area contributed by atoms with Gasteiger partial charge >= 0.3 is 0 Å². The molecular formula is C17H16ClN3O. The van der Waals surface area contributed by atoms with E-state index < -0.39 is 0 Å². The molecule has 0 aliphatic carbocycles. The Hall–Kier alpha value is -2.51. The molecule has 2 rings (SSSR count). The summed E-state index contributed by atoms with van der Waals surface area (Å²) in [5, 5.41) is 15.5. The van der Waals surface area contributed by atoms with Gasteiger partial charge in [-0.1, -0.05) is 35.9 Å². The molecule has 1 amide bonds. The van der Waals surface area contributed by atoms with Crippen LogP contribution in [0.5, 0.6) is 0 Å². The third-order valence-electron chi connectivity index (χ3n) is 3.11. The van der Waals surface area contributed by atoms with Crippen molar-refractivity contribution in [3.05, 3.63) is 64.7 Å². The number of halogens is 1. The maximum absolute atomic E-state index is 11.8. The van der Waals surface area contributed by atoms with E-state index in [2.05, 4.69) is 16.7 Å². The zero-order chi connectivity index (χ0) is 15.8. The van der Waals surface area contributed by atoms with E-state index in [-0.39, 0.29) is 12.5 Å². The summed E-state index contributed by atoms with van der Waals surface area (Å²) in [5.41, 5.74) is 2.26. The van der Waals surface area contributed by atoms with Crippen LogP contribution in [0, 0.1) is 11.3 Å². The summed E-state index contributed by atoms with van der Waals surface area (Å²) in [6.45, 7) is 0.676. The minimum absolute atomic E-state index is 0.116. The summed E-state index contributed by atoms with van der Waals surface area (Å²) < 4.78 is 0. The van der Waals surface area contributed by atoms with Crippen LogP contribution in [0.25, 0.3) is 0 Å². The van der Waals surface area contributed by atoms with E-state index >= 15 is 0 Å². The smallest absolute Gasteiger partial charge is 0.239 e. The molecule has 0 spiro atoms. The van der Waals surface area contributed by atoms with E-state index in [0.717, 1.165) is 12.0 Å². The summed E-state index contributed by atoms with van der Waals surface area (Å²) in [6.07, 6.45) is 0.723. The van der Waals surface area contributed by atoms with Gasteiger partial charge in [-0.15, -0.1) is 0 Å². The Morgan fingerprint density at radius 2 is 2.00 bits per heavy atom. The van der Waals surface area contributed by atoms with Crippen LogP contribution < -0.4 is 10.6 Å². The number of benzene rings is 2. The number of nitrogens with one attached hydrogen (secondary N) is 2. The average molecular weight is 314 g/mol.